The third-order valence-electron chi connectivity index (χ3n) is 4.43. The van der Waals surface area contributed by atoms with Gasteiger partial charge in [-0.2, -0.15) is 0 Å². The van der Waals surface area contributed by atoms with Crippen molar-refractivity contribution in [2.45, 2.75) is 52.1 Å². The largest absolute Gasteiger partial charge is 0.497 e. The van der Waals surface area contributed by atoms with E-state index in [-0.39, 0.29) is 0 Å². The van der Waals surface area contributed by atoms with E-state index < -0.39 is 0 Å². The number of aryl methyl sites for hydroxylation is 1. The zero-order valence-electron chi connectivity index (χ0n) is 14.3. The summed E-state index contributed by atoms with van der Waals surface area (Å²) in [7, 11) is 1.72. The first-order valence-electron chi connectivity index (χ1n) is 8.47. The standard InChI is InChI=1S/C19H26N2O2/c1-13(2)8-19-11-17(21-23-19)12-20-16-6-4-14-5-7-18(22-3)10-15(14)9-16/h5,7,10-11,13,16,20H,4,6,8-9,12H2,1-3H3. The highest BCUT2D eigenvalue weighted by molar-refractivity contribution is 5.37. The SMILES string of the molecule is COc1ccc2c(c1)CC(NCc1cc(CC(C)C)on1)CC2. The lowest BCUT2D eigenvalue weighted by molar-refractivity contribution is 0.358. The summed E-state index contributed by atoms with van der Waals surface area (Å²) in [5.74, 6) is 2.52. The fourth-order valence-electron chi connectivity index (χ4n) is 3.22. The number of benzene rings is 1. The molecule has 124 valence electrons. The van der Waals surface area contributed by atoms with Gasteiger partial charge in [0.05, 0.1) is 12.8 Å². The van der Waals surface area contributed by atoms with E-state index in [4.69, 9.17) is 9.26 Å². The predicted molar refractivity (Wildman–Crippen MR) is 90.7 cm³/mol. The number of hydrogen-bond acceptors (Lipinski definition) is 4. The lowest BCUT2D eigenvalue weighted by Gasteiger charge is -2.25. The zero-order chi connectivity index (χ0) is 16.2. The molecule has 0 saturated heterocycles. The van der Waals surface area contributed by atoms with Gasteiger partial charge in [0.25, 0.3) is 0 Å². The van der Waals surface area contributed by atoms with Crippen molar-refractivity contribution in [3.8, 4) is 5.75 Å². The number of nitrogens with one attached hydrogen (secondary N) is 1. The molecule has 0 bridgehead atoms. The highest BCUT2D eigenvalue weighted by atomic mass is 16.5. The van der Waals surface area contributed by atoms with Crippen LogP contribution in [-0.2, 0) is 25.8 Å². The Hall–Kier alpha value is -1.81. The van der Waals surface area contributed by atoms with Crippen LogP contribution < -0.4 is 10.1 Å². The normalized spacial score (nSPS) is 17.3. The Morgan fingerprint density at radius 3 is 2.96 bits per heavy atom. The van der Waals surface area contributed by atoms with Crippen molar-refractivity contribution in [2.24, 2.45) is 5.92 Å². The molecule has 1 atom stereocenters. The van der Waals surface area contributed by atoms with Crippen molar-refractivity contribution in [3.05, 3.63) is 46.8 Å². The Morgan fingerprint density at radius 1 is 1.30 bits per heavy atom. The summed E-state index contributed by atoms with van der Waals surface area (Å²) < 4.78 is 10.7. The van der Waals surface area contributed by atoms with Crippen molar-refractivity contribution in [2.75, 3.05) is 7.11 Å². The van der Waals surface area contributed by atoms with E-state index in [9.17, 15) is 0 Å². The third kappa shape index (κ3) is 4.14. The zero-order valence-corrected chi connectivity index (χ0v) is 14.3. The van der Waals surface area contributed by atoms with E-state index in [0.717, 1.165) is 49.4 Å². The molecule has 1 N–H and O–H groups in total. The van der Waals surface area contributed by atoms with E-state index in [1.54, 1.807) is 7.11 Å². The summed E-state index contributed by atoms with van der Waals surface area (Å²) in [4.78, 5) is 0. The monoisotopic (exact) mass is 314 g/mol. The van der Waals surface area contributed by atoms with Crippen LogP contribution in [-0.4, -0.2) is 18.3 Å². The maximum absolute atomic E-state index is 5.40. The summed E-state index contributed by atoms with van der Waals surface area (Å²) in [5, 5.41) is 7.79. The van der Waals surface area contributed by atoms with E-state index in [2.05, 4.69) is 48.6 Å². The molecule has 4 heteroatoms. The van der Waals surface area contributed by atoms with E-state index in [1.165, 1.54) is 11.1 Å². The minimum atomic E-state index is 0.486. The molecule has 0 saturated carbocycles. The minimum absolute atomic E-state index is 0.486. The van der Waals surface area contributed by atoms with Gasteiger partial charge in [-0.1, -0.05) is 25.1 Å². The molecule has 1 aliphatic carbocycles. The Labute approximate surface area is 138 Å². The molecule has 2 aromatic rings. The van der Waals surface area contributed by atoms with Gasteiger partial charge in [0.1, 0.15) is 11.5 Å². The van der Waals surface area contributed by atoms with Gasteiger partial charge < -0.3 is 14.6 Å². The van der Waals surface area contributed by atoms with Gasteiger partial charge in [-0.3, -0.25) is 0 Å². The number of nitrogens with zero attached hydrogens (tertiary/aromatic N) is 1. The highest BCUT2D eigenvalue weighted by Gasteiger charge is 2.19. The molecule has 0 spiro atoms. The molecule has 0 amide bonds. The fourth-order valence-corrected chi connectivity index (χ4v) is 3.22. The third-order valence-corrected chi connectivity index (χ3v) is 4.43. The van der Waals surface area contributed by atoms with Crippen LogP contribution >= 0.6 is 0 Å². The first-order chi connectivity index (χ1) is 11.1. The molecule has 0 radical (unpaired) electrons. The van der Waals surface area contributed by atoms with Crippen LogP contribution in [0, 0.1) is 5.92 Å². The number of hydrogen-bond donors (Lipinski definition) is 1. The topological polar surface area (TPSA) is 47.3 Å². The van der Waals surface area contributed by atoms with Crippen LogP contribution in [0.1, 0.15) is 42.8 Å². The summed E-state index contributed by atoms with van der Waals surface area (Å²) in [6.07, 6.45) is 4.28. The molecule has 0 fully saturated rings. The predicted octanol–water partition coefficient (Wildman–Crippen LogP) is 3.53. The second kappa shape index (κ2) is 7.18. The van der Waals surface area contributed by atoms with Crippen molar-refractivity contribution < 1.29 is 9.26 Å². The molecule has 4 nitrogen and oxygen atoms in total. The average Bonchev–Trinajstić information content (AvgIpc) is 2.98. The molecule has 1 aromatic carbocycles. The molecule has 3 rings (SSSR count). The van der Waals surface area contributed by atoms with E-state index in [0.29, 0.717) is 12.0 Å². The van der Waals surface area contributed by atoms with Gasteiger partial charge in [0.15, 0.2) is 0 Å². The maximum Gasteiger partial charge on any atom is 0.137 e. The average molecular weight is 314 g/mol. The van der Waals surface area contributed by atoms with Gasteiger partial charge in [-0.05, 0) is 48.4 Å². The summed E-state index contributed by atoms with van der Waals surface area (Å²) in [5.41, 5.74) is 3.84. The first kappa shape index (κ1) is 16.1. The van der Waals surface area contributed by atoms with E-state index >= 15 is 0 Å². The smallest absolute Gasteiger partial charge is 0.137 e. The van der Waals surface area contributed by atoms with Gasteiger partial charge in [0.2, 0.25) is 0 Å². The Morgan fingerprint density at radius 2 is 2.17 bits per heavy atom. The molecule has 23 heavy (non-hydrogen) atoms. The molecular formula is C19H26N2O2. The van der Waals surface area contributed by atoms with Gasteiger partial charge >= 0.3 is 0 Å². The quantitative estimate of drug-likeness (QED) is 0.886. The van der Waals surface area contributed by atoms with Gasteiger partial charge in [-0.15, -0.1) is 0 Å². The molecule has 0 aliphatic heterocycles. The number of methoxy groups -OCH3 is 1. The van der Waals surface area contributed by atoms with Crippen LogP contribution in [0.15, 0.2) is 28.8 Å². The second-order valence-electron chi connectivity index (χ2n) is 6.84. The van der Waals surface area contributed by atoms with Crippen molar-refractivity contribution in [1.82, 2.24) is 10.5 Å². The van der Waals surface area contributed by atoms with E-state index in [1.807, 2.05) is 0 Å². The lowest BCUT2D eigenvalue weighted by Crippen LogP contribution is -2.34. The second-order valence-corrected chi connectivity index (χ2v) is 6.84. The van der Waals surface area contributed by atoms with Crippen LogP contribution in [0.4, 0.5) is 0 Å². The van der Waals surface area contributed by atoms with Crippen LogP contribution in [0.5, 0.6) is 5.75 Å². The summed E-state index contributed by atoms with van der Waals surface area (Å²) in [6.45, 7) is 5.15. The molecule has 1 aliphatic rings. The summed E-state index contributed by atoms with van der Waals surface area (Å²) in [6, 6.07) is 8.98. The molecule has 1 unspecified atom stereocenters. The Balaban J connectivity index is 1.56. The van der Waals surface area contributed by atoms with Crippen molar-refractivity contribution >= 4 is 0 Å². The molecule has 1 heterocycles. The Bertz CT molecular complexity index is 649. The van der Waals surface area contributed by atoms with Gasteiger partial charge in [0, 0.05) is 25.1 Å². The van der Waals surface area contributed by atoms with Crippen molar-refractivity contribution in [1.29, 1.82) is 0 Å². The fraction of sp³-hybridized carbons (Fsp3) is 0.526. The summed E-state index contributed by atoms with van der Waals surface area (Å²) >= 11 is 0. The minimum Gasteiger partial charge on any atom is -0.497 e. The van der Waals surface area contributed by atoms with Gasteiger partial charge in [-0.25, -0.2) is 0 Å². The maximum atomic E-state index is 5.40. The Kier molecular flexibility index (Phi) is 5.01. The first-order valence-corrected chi connectivity index (χ1v) is 8.47. The number of ether oxygens (including phenoxy) is 1. The number of fused-ring (bicyclic) bond motifs is 1. The molecular weight excluding hydrogens is 288 g/mol. The number of rotatable bonds is 6. The van der Waals surface area contributed by atoms with Crippen LogP contribution in [0.25, 0.3) is 0 Å². The molecule has 1 aromatic heterocycles. The highest BCUT2D eigenvalue weighted by Crippen LogP contribution is 2.25. The van der Waals surface area contributed by atoms with Crippen LogP contribution in [0.2, 0.25) is 0 Å². The lowest BCUT2D eigenvalue weighted by atomic mass is 9.88. The van der Waals surface area contributed by atoms with Crippen LogP contribution in [0.3, 0.4) is 0 Å². The number of aromatic nitrogens is 1. The van der Waals surface area contributed by atoms with Crippen molar-refractivity contribution in [3.63, 3.8) is 0 Å².